The number of fused-ring (bicyclic) bond motifs is 1. The molecule has 4 nitrogen and oxygen atoms in total. The first-order chi connectivity index (χ1) is 6.59. The van der Waals surface area contributed by atoms with Gasteiger partial charge in [0.15, 0.2) is 0 Å². The maximum absolute atomic E-state index is 11.2. The molecular weight excluding hydrogens is 182 g/mol. The number of hydrogen-bond donors (Lipinski definition) is 2. The van der Waals surface area contributed by atoms with E-state index < -0.39 is 5.63 Å². The molecule has 1 aromatic heterocycles. The second-order valence-corrected chi connectivity index (χ2v) is 3.12. The summed E-state index contributed by atoms with van der Waals surface area (Å²) < 4.78 is 4.96. The normalized spacial score (nSPS) is 10.6. The van der Waals surface area contributed by atoms with Gasteiger partial charge in [0.2, 0.25) is 0 Å². The molecule has 0 aliphatic carbocycles. The van der Waals surface area contributed by atoms with Crippen LogP contribution in [0.5, 0.6) is 5.75 Å². The Labute approximate surface area is 79.6 Å². The van der Waals surface area contributed by atoms with E-state index in [1.165, 1.54) is 13.0 Å². The highest BCUT2D eigenvalue weighted by Crippen LogP contribution is 2.26. The minimum Gasteiger partial charge on any atom is -0.507 e. The Hall–Kier alpha value is -1.97. The van der Waals surface area contributed by atoms with E-state index in [2.05, 4.69) is 0 Å². The third-order valence-electron chi connectivity index (χ3n) is 2.12. The maximum Gasteiger partial charge on any atom is 0.342 e. The zero-order valence-electron chi connectivity index (χ0n) is 7.57. The van der Waals surface area contributed by atoms with E-state index >= 15 is 0 Å². The van der Waals surface area contributed by atoms with Gasteiger partial charge in [0.1, 0.15) is 11.3 Å². The average molecular weight is 191 g/mol. The minimum absolute atomic E-state index is 0.0451. The van der Waals surface area contributed by atoms with Gasteiger partial charge in [-0.3, -0.25) is 0 Å². The molecule has 72 valence electrons. The SMILES string of the molecule is Cc1c(O)c2ccc(N)cc2oc1=O. The van der Waals surface area contributed by atoms with E-state index in [0.717, 1.165) is 0 Å². The van der Waals surface area contributed by atoms with E-state index in [-0.39, 0.29) is 11.3 Å². The lowest BCUT2D eigenvalue weighted by atomic mass is 10.1. The Balaban J connectivity index is 2.98. The molecule has 3 N–H and O–H groups in total. The van der Waals surface area contributed by atoms with Gasteiger partial charge in [-0.25, -0.2) is 4.79 Å². The molecule has 0 bridgehead atoms. The van der Waals surface area contributed by atoms with Crippen LogP contribution in [0.15, 0.2) is 27.4 Å². The molecule has 0 saturated heterocycles. The van der Waals surface area contributed by atoms with Crippen molar-refractivity contribution >= 4 is 16.7 Å². The number of benzene rings is 1. The number of hydrogen-bond acceptors (Lipinski definition) is 4. The first kappa shape index (κ1) is 8.62. The molecule has 1 heterocycles. The number of rotatable bonds is 0. The number of anilines is 1. The standard InChI is InChI=1S/C10H9NO3/c1-5-9(12)7-3-2-6(11)4-8(7)14-10(5)13/h2-4,12H,11H2,1H3. The third kappa shape index (κ3) is 1.12. The van der Waals surface area contributed by atoms with E-state index in [0.29, 0.717) is 16.7 Å². The summed E-state index contributed by atoms with van der Waals surface area (Å²) >= 11 is 0. The molecule has 0 aliphatic rings. The van der Waals surface area contributed by atoms with Crippen LogP contribution in [0.3, 0.4) is 0 Å². The molecule has 0 spiro atoms. The Morgan fingerprint density at radius 1 is 1.43 bits per heavy atom. The van der Waals surface area contributed by atoms with E-state index in [4.69, 9.17) is 10.2 Å². The molecule has 4 heteroatoms. The van der Waals surface area contributed by atoms with Crippen LogP contribution in [0.25, 0.3) is 11.0 Å². The molecule has 14 heavy (non-hydrogen) atoms. The van der Waals surface area contributed by atoms with Crippen LogP contribution in [0.4, 0.5) is 5.69 Å². The fourth-order valence-electron chi connectivity index (χ4n) is 1.29. The van der Waals surface area contributed by atoms with Crippen LogP contribution in [-0.2, 0) is 0 Å². The van der Waals surface area contributed by atoms with Crippen LogP contribution in [0.1, 0.15) is 5.56 Å². The van der Waals surface area contributed by atoms with E-state index in [1.807, 2.05) is 0 Å². The van der Waals surface area contributed by atoms with Crippen molar-refractivity contribution in [2.45, 2.75) is 6.92 Å². The van der Waals surface area contributed by atoms with Crippen molar-refractivity contribution in [3.8, 4) is 5.75 Å². The molecule has 0 saturated carbocycles. The van der Waals surface area contributed by atoms with Crippen LogP contribution >= 0.6 is 0 Å². The van der Waals surface area contributed by atoms with Crippen LogP contribution in [-0.4, -0.2) is 5.11 Å². The minimum atomic E-state index is -0.541. The van der Waals surface area contributed by atoms with Crippen molar-refractivity contribution in [2.75, 3.05) is 5.73 Å². The van der Waals surface area contributed by atoms with Crippen molar-refractivity contribution in [3.05, 3.63) is 34.2 Å². The van der Waals surface area contributed by atoms with Gasteiger partial charge in [-0.05, 0) is 19.1 Å². The van der Waals surface area contributed by atoms with Gasteiger partial charge in [-0.2, -0.15) is 0 Å². The third-order valence-corrected chi connectivity index (χ3v) is 2.12. The molecule has 0 unspecified atom stereocenters. The van der Waals surface area contributed by atoms with Gasteiger partial charge < -0.3 is 15.3 Å². The van der Waals surface area contributed by atoms with E-state index in [9.17, 15) is 9.90 Å². The van der Waals surface area contributed by atoms with Crippen molar-refractivity contribution in [1.29, 1.82) is 0 Å². The number of nitrogens with two attached hydrogens (primary N) is 1. The Kier molecular flexibility index (Phi) is 1.70. The summed E-state index contributed by atoms with van der Waals surface area (Å²) in [5, 5.41) is 10.1. The maximum atomic E-state index is 11.2. The van der Waals surface area contributed by atoms with Gasteiger partial charge in [0.05, 0.1) is 10.9 Å². The van der Waals surface area contributed by atoms with Crippen molar-refractivity contribution in [3.63, 3.8) is 0 Å². The van der Waals surface area contributed by atoms with E-state index in [1.54, 1.807) is 12.1 Å². The summed E-state index contributed by atoms with van der Waals surface area (Å²) in [6.07, 6.45) is 0. The van der Waals surface area contributed by atoms with Crippen LogP contribution < -0.4 is 11.4 Å². The monoisotopic (exact) mass is 191 g/mol. The van der Waals surface area contributed by atoms with Gasteiger partial charge in [-0.15, -0.1) is 0 Å². The summed E-state index contributed by atoms with van der Waals surface area (Å²) in [6.45, 7) is 1.51. The zero-order chi connectivity index (χ0) is 10.3. The molecule has 1 aromatic carbocycles. The van der Waals surface area contributed by atoms with Gasteiger partial charge >= 0.3 is 5.63 Å². The first-order valence-electron chi connectivity index (χ1n) is 4.11. The lowest BCUT2D eigenvalue weighted by molar-refractivity contribution is 0.461. The van der Waals surface area contributed by atoms with Crippen LogP contribution in [0, 0.1) is 6.92 Å². The molecule has 0 atom stereocenters. The summed E-state index contributed by atoms with van der Waals surface area (Å²) in [5.41, 5.74) is 5.98. The fourth-order valence-corrected chi connectivity index (χ4v) is 1.29. The van der Waals surface area contributed by atoms with Gasteiger partial charge in [0.25, 0.3) is 0 Å². The largest absolute Gasteiger partial charge is 0.507 e. The molecule has 0 aliphatic heterocycles. The smallest absolute Gasteiger partial charge is 0.342 e. The average Bonchev–Trinajstić information content (AvgIpc) is 2.14. The summed E-state index contributed by atoms with van der Waals surface area (Å²) in [6, 6.07) is 4.77. The topological polar surface area (TPSA) is 76.5 Å². The first-order valence-corrected chi connectivity index (χ1v) is 4.11. The summed E-state index contributed by atoms with van der Waals surface area (Å²) in [7, 11) is 0. The highest BCUT2D eigenvalue weighted by atomic mass is 16.4. The molecule has 0 amide bonds. The van der Waals surface area contributed by atoms with Crippen LogP contribution in [0.2, 0.25) is 0 Å². The Morgan fingerprint density at radius 3 is 2.86 bits per heavy atom. The zero-order valence-corrected chi connectivity index (χ0v) is 7.57. The van der Waals surface area contributed by atoms with Gasteiger partial charge in [0, 0.05) is 11.8 Å². The molecule has 0 fully saturated rings. The number of aromatic hydroxyl groups is 1. The highest BCUT2D eigenvalue weighted by Gasteiger charge is 2.09. The predicted molar refractivity (Wildman–Crippen MR) is 53.3 cm³/mol. The second kappa shape index (κ2) is 2.77. The molecular formula is C10H9NO3. The van der Waals surface area contributed by atoms with Crippen molar-refractivity contribution < 1.29 is 9.52 Å². The van der Waals surface area contributed by atoms with Crippen molar-refractivity contribution in [1.82, 2.24) is 0 Å². The lowest BCUT2D eigenvalue weighted by Crippen LogP contribution is -2.03. The Morgan fingerprint density at radius 2 is 2.14 bits per heavy atom. The second-order valence-electron chi connectivity index (χ2n) is 3.12. The summed E-state index contributed by atoms with van der Waals surface area (Å²) in [5.74, 6) is -0.0451. The lowest BCUT2D eigenvalue weighted by Gasteiger charge is -2.02. The summed E-state index contributed by atoms with van der Waals surface area (Å²) in [4.78, 5) is 11.2. The number of nitrogen functional groups attached to an aromatic ring is 1. The predicted octanol–water partition coefficient (Wildman–Crippen LogP) is 1.39. The highest BCUT2D eigenvalue weighted by molar-refractivity contribution is 5.86. The molecule has 2 aromatic rings. The molecule has 2 rings (SSSR count). The van der Waals surface area contributed by atoms with Crippen molar-refractivity contribution in [2.24, 2.45) is 0 Å². The molecule has 0 radical (unpaired) electrons. The fraction of sp³-hybridized carbons (Fsp3) is 0.100. The Bertz CT molecular complexity index is 557. The van der Waals surface area contributed by atoms with Gasteiger partial charge in [-0.1, -0.05) is 0 Å². The quantitative estimate of drug-likeness (QED) is 0.487.